The van der Waals surface area contributed by atoms with E-state index in [1.807, 2.05) is 60.7 Å². The van der Waals surface area contributed by atoms with Gasteiger partial charge in [0, 0.05) is 27.5 Å². The van der Waals surface area contributed by atoms with Crippen LogP contribution in [0, 0.1) is 0 Å². The highest BCUT2D eigenvalue weighted by molar-refractivity contribution is 9.10. The van der Waals surface area contributed by atoms with E-state index in [9.17, 15) is 9.59 Å². The molecule has 0 saturated carbocycles. The van der Waals surface area contributed by atoms with E-state index >= 15 is 0 Å². The van der Waals surface area contributed by atoms with Gasteiger partial charge in [-0.2, -0.15) is 0 Å². The van der Waals surface area contributed by atoms with Gasteiger partial charge >= 0.3 is 11.1 Å². The minimum Gasteiger partial charge on any atom is -0.331 e. The molecule has 148 valence electrons. The van der Waals surface area contributed by atoms with Gasteiger partial charge < -0.3 is 4.84 Å². The predicted octanol–water partition coefficient (Wildman–Crippen LogP) is 4.57. The molecule has 0 radical (unpaired) electrons. The molecule has 1 amide bonds. The van der Waals surface area contributed by atoms with Gasteiger partial charge in [-0.1, -0.05) is 69.6 Å². The number of anilines is 2. The first kappa shape index (κ1) is 18.9. The molecule has 3 aromatic carbocycles. The Morgan fingerprint density at radius 2 is 1.37 bits per heavy atom. The van der Waals surface area contributed by atoms with E-state index in [0.717, 1.165) is 27.5 Å². The van der Waals surface area contributed by atoms with Crippen LogP contribution in [0.1, 0.15) is 5.56 Å². The molecule has 2 aliphatic rings. The summed E-state index contributed by atoms with van der Waals surface area (Å²) in [6.45, 7) is 0. The quantitative estimate of drug-likeness (QED) is 0.515. The van der Waals surface area contributed by atoms with Crippen molar-refractivity contribution in [1.82, 2.24) is 0 Å². The van der Waals surface area contributed by atoms with Gasteiger partial charge in [0.2, 0.25) is 0 Å². The number of nitrogens with zero attached hydrogens (tertiary/aromatic N) is 3. The Labute approximate surface area is 185 Å². The lowest BCUT2D eigenvalue weighted by atomic mass is 10.1. The summed E-state index contributed by atoms with van der Waals surface area (Å²) in [5.74, 6) is -0.166. The summed E-state index contributed by atoms with van der Waals surface area (Å²) in [6, 6.07) is 26.0. The standard InChI is InChI=1S/C22H14BrN3O3S/c23-18-14-8-7-13-17(18)19-24-29-22(25(19)15-9-3-1-4-10-15)26(20(27)21(28)30-22)16-11-5-2-6-12-16/h1-14H. The first-order valence-electron chi connectivity index (χ1n) is 9.11. The van der Waals surface area contributed by atoms with Crippen LogP contribution in [-0.4, -0.2) is 22.0 Å². The minimum absolute atomic E-state index is 0.490. The van der Waals surface area contributed by atoms with Gasteiger partial charge in [0.1, 0.15) is 0 Å². The van der Waals surface area contributed by atoms with E-state index in [0.29, 0.717) is 11.5 Å². The molecule has 1 saturated heterocycles. The summed E-state index contributed by atoms with van der Waals surface area (Å²) in [5.41, 5.74) is 2.06. The van der Waals surface area contributed by atoms with Crippen LogP contribution in [-0.2, 0) is 14.4 Å². The summed E-state index contributed by atoms with van der Waals surface area (Å²) >= 11 is 4.37. The van der Waals surface area contributed by atoms with E-state index in [2.05, 4.69) is 21.1 Å². The van der Waals surface area contributed by atoms with E-state index in [1.165, 1.54) is 4.90 Å². The number of amidine groups is 1. The molecule has 6 nitrogen and oxygen atoms in total. The van der Waals surface area contributed by atoms with Crippen LogP contribution in [0.3, 0.4) is 0 Å². The molecule has 2 heterocycles. The molecular formula is C22H14BrN3O3S. The van der Waals surface area contributed by atoms with Gasteiger partial charge in [0.05, 0.1) is 5.69 Å². The van der Waals surface area contributed by atoms with Crippen LogP contribution >= 0.6 is 27.7 Å². The van der Waals surface area contributed by atoms with Crippen molar-refractivity contribution < 1.29 is 14.4 Å². The van der Waals surface area contributed by atoms with E-state index in [-0.39, 0.29) is 0 Å². The summed E-state index contributed by atoms with van der Waals surface area (Å²) < 4.78 is 0.817. The van der Waals surface area contributed by atoms with Gasteiger partial charge in [-0.05, 0) is 36.4 Å². The highest BCUT2D eigenvalue weighted by Crippen LogP contribution is 2.49. The molecule has 3 aromatic rings. The monoisotopic (exact) mass is 479 g/mol. The average molecular weight is 480 g/mol. The zero-order valence-corrected chi connectivity index (χ0v) is 17.8. The van der Waals surface area contributed by atoms with Crippen LogP contribution < -0.4 is 9.80 Å². The molecule has 1 atom stereocenters. The first-order chi connectivity index (χ1) is 14.6. The minimum atomic E-state index is -1.50. The highest BCUT2D eigenvalue weighted by atomic mass is 79.9. The van der Waals surface area contributed by atoms with Crippen molar-refractivity contribution in [2.75, 3.05) is 9.80 Å². The average Bonchev–Trinajstić information content (AvgIpc) is 3.26. The number of hydrogen-bond acceptors (Lipinski definition) is 6. The second-order valence-corrected chi connectivity index (χ2v) is 8.53. The lowest BCUT2D eigenvalue weighted by Crippen LogP contribution is -2.57. The smallest absolute Gasteiger partial charge is 0.331 e. The number of carbonyl (C=O) groups excluding carboxylic acids is 2. The zero-order chi connectivity index (χ0) is 20.7. The van der Waals surface area contributed by atoms with Crippen LogP contribution in [0.4, 0.5) is 11.4 Å². The molecule has 2 aliphatic heterocycles. The zero-order valence-electron chi connectivity index (χ0n) is 15.4. The second-order valence-electron chi connectivity index (χ2n) is 6.57. The number of oxime groups is 1. The number of thioether (sulfide) groups is 1. The Bertz CT molecular complexity index is 1170. The number of rotatable bonds is 3. The molecular weight excluding hydrogens is 466 g/mol. The van der Waals surface area contributed by atoms with E-state index in [4.69, 9.17) is 4.84 Å². The Balaban J connectivity index is 1.72. The lowest BCUT2D eigenvalue weighted by Gasteiger charge is -2.38. The maximum absolute atomic E-state index is 12.9. The molecule has 0 aliphatic carbocycles. The number of halogens is 1. The molecule has 1 spiro atoms. The van der Waals surface area contributed by atoms with Crippen LogP contribution in [0.2, 0.25) is 0 Å². The van der Waals surface area contributed by atoms with Crippen LogP contribution in [0.15, 0.2) is 94.6 Å². The van der Waals surface area contributed by atoms with Crippen molar-refractivity contribution in [3.63, 3.8) is 0 Å². The number of para-hydroxylation sites is 2. The fourth-order valence-corrected chi connectivity index (χ4v) is 5.00. The fraction of sp³-hybridized carbons (Fsp3) is 0.0455. The van der Waals surface area contributed by atoms with Crippen LogP contribution in [0.5, 0.6) is 0 Å². The molecule has 0 aromatic heterocycles. The van der Waals surface area contributed by atoms with Gasteiger partial charge in [-0.3, -0.25) is 14.5 Å². The van der Waals surface area contributed by atoms with Crippen molar-refractivity contribution in [1.29, 1.82) is 0 Å². The Kier molecular flexibility index (Phi) is 4.60. The molecule has 0 N–H and O–H groups in total. The fourth-order valence-electron chi connectivity index (χ4n) is 3.49. The Morgan fingerprint density at radius 3 is 2.00 bits per heavy atom. The van der Waals surface area contributed by atoms with Crippen molar-refractivity contribution in [3.05, 3.63) is 95.0 Å². The predicted molar refractivity (Wildman–Crippen MR) is 120 cm³/mol. The number of hydrogen-bond donors (Lipinski definition) is 0. The third-order valence-corrected chi connectivity index (χ3v) is 6.53. The summed E-state index contributed by atoms with van der Waals surface area (Å²) in [6.07, 6.45) is 0. The van der Waals surface area contributed by atoms with E-state index < -0.39 is 16.2 Å². The topological polar surface area (TPSA) is 62.2 Å². The summed E-state index contributed by atoms with van der Waals surface area (Å²) in [5, 5.41) is 2.24. The summed E-state index contributed by atoms with van der Waals surface area (Å²) in [7, 11) is 0. The molecule has 30 heavy (non-hydrogen) atoms. The first-order valence-corrected chi connectivity index (χ1v) is 10.7. The van der Waals surface area contributed by atoms with Gasteiger partial charge in [-0.25, -0.2) is 4.90 Å². The number of benzene rings is 3. The third kappa shape index (κ3) is 2.83. The van der Waals surface area contributed by atoms with Gasteiger partial charge in [0.15, 0.2) is 5.84 Å². The van der Waals surface area contributed by atoms with Crippen molar-refractivity contribution in [3.8, 4) is 0 Å². The lowest BCUT2D eigenvalue weighted by molar-refractivity contribution is -0.131. The highest BCUT2D eigenvalue weighted by Gasteiger charge is 2.63. The normalized spacial score (nSPS) is 20.6. The number of carbonyl (C=O) groups is 2. The van der Waals surface area contributed by atoms with E-state index in [1.54, 1.807) is 29.2 Å². The third-order valence-electron chi connectivity index (χ3n) is 4.77. The summed E-state index contributed by atoms with van der Waals surface area (Å²) in [4.78, 5) is 34.6. The van der Waals surface area contributed by atoms with Gasteiger partial charge in [-0.15, -0.1) is 0 Å². The Hall–Kier alpha value is -3.10. The molecule has 1 unspecified atom stereocenters. The largest absolute Gasteiger partial charge is 0.359 e. The van der Waals surface area contributed by atoms with Crippen molar-refractivity contribution >= 4 is 55.9 Å². The Morgan fingerprint density at radius 1 is 0.800 bits per heavy atom. The molecule has 5 rings (SSSR count). The second kappa shape index (κ2) is 7.30. The van der Waals surface area contributed by atoms with Crippen molar-refractivity contribution in [2.24, 2.45) is 5.16 Å². The van der Waals surface area contributed by atoms with Gasteiger partial charge in [0.25, 0.3) is 5.12 Å². The molecule has 1 fully saturated rings. The molecule has 0 bridgehead atoms. The maximum atomic E-state index is 12.9. The number of amides is 1. The maximum Gasteiger partial charge on any atom is 0.359 e. The van der Waals surface area contributed by atoms with Crippen LogP contribution in [0.25, 0.3) is 0 Å². The molecule has 8 heteroatoms. The van der Waals surface area contributed by atoms with Crippen molar-refractivity contribution in [2.45, 2.75) is 5.18 Å². The SMILES string of the molecule is O=C1SC2(ON=C(c3ccccc3Br)N2c2ccccc2)N(c2ccccc2)C1=O.